The molecule has 0 saturated heterocycles. The van der Waals surface area contributed by atoms with Crippen molar-refractivity contribution in [2.75, 3.05) is 12.8 Å². The zero-order chi connectivity index (χ0) is 12.6. The van der Waals surface area contributed by atoms with E-state index in [0.717, 1.165) is 16.7 Å². The fraction of sp³-hybridized carbons (Fsp3) is 0.250. The molecular formula is C12H14ClN3O. The van der Waals surface area contributed by atoms with Gasteiger partial charge in [-0.25, -0.2) is 0 Å². The van der Waals surface area contributed by atoms with Crippen LogP contribution in [-0.4, -0.2) is 16.9 Å². The molecule has 2 aromatic rings. The number of nitrogens with two attached hydrogens (primary N) is 1. The van der Waals surface area contributed by atoms with Gasteiger partial charge < -0.3 is 10.5 Å². The predicted molar refractivity (Wildman–Crippen MR) is 69.4 cm³/mol. The number of halogens is 1. The second-order valence-electron chi connectivity index (χ2n) is 3.87. The molecular weight excluding hydrogens is 238 g/mol. The lowest BCUT2D eigenvalue weighted by atomic mass is 10.0. The van der Waals surface area contributed by atoms with E-state index in [9.17, 15) is 0 Å². The van der Waals surface area contributed by atoms with Gasteiger partial charge in [0.15, 0.2) is 0 Å². The van der Waals surface area contributed by atoms with E-state index in [4.69, 9.17) is 22.1 Å². The zero-order valence-electron chi connectivity index (χ0n) is 9.99. The Hall–Kier alpha value is -1.68. The number of aromatic nitrogens is 2. The Balaban J connectivity index is 2.60. The summed E-state index contributed by atoms with van der Waals surface area (Å²) >= 11 is 6.12. The van der Waals surface area contributed by atoms with E-state index in [1.807, 2.05) is 19.1 Å². The molecule has 0 saturated carbocycles. The first-order valence-corrected chi connectivity index (χ1v) is 5.54. The van der Waals surface area contributed by atoms with Gasteiger partial charge >= 0.3 is 0 Å². The van der Waals surface area contributed by atoms with Crippen LogP contribution >= 0.6 is 11.6 Å². The largest absolute Gasteiger partial charge is 0.495 e. The van der Waals surface area contributed by atoms with Gasteiger partial charge in [-0.1, -0.05) is 11.6 Å². The maximum atomic E-state index is 6.12. The van der Waals surface area contributed by atoms with E-state index in [1.54, 1.807) is 25.0 Å². The van der Waals surface area contributed by atoms with Crippen molar-refractivity contribution in [1.82, 2.24) is 9.78 Å². The maximum Gasteiger partial charge on any atom is 0.137 e. The number of hydrogen-bond acceptors (Lipinski definition) is 3. The summed E-state index contributed by atoms with van der Waals surface area (Å²) in [5.41, 5.74) is 8.85. The van der Waals surface area contributed by atoms with Gasteiger partial charge in [-0.05, 0) is 30.2 Å². The molecule has 1 aromatic carbocycles. The predicted octanol–water partition coefficient (Wildman–Crippen LogP) is 2.64. The van der Waals surface area contributed by atoms with Crippen LogP contribution in [0.15, 0.2) is 18.3 Å². The van der Waals surface area contributed by atoms with Crippen molar-refractivity contribution in [2.24, 2.45) is 7.05 Å². The van der Waals surface area contributed by atoms with E-state index < -0.39 is 0 Å². The van der Waals surface area contributed by atoms with Crippen LogP contribution in [0.5, 0.6) is 5.75 Å². The lowest BCUT2D eigenvalue weighted by Crippen LogP contribution is -1.98. The van der Waals surface area contributed by atoms with E-state index in [0.29, 0.717) is 16.6 Å². The number of methoxy groups -OCH3 is 1. The van der Waals surface area contributed by atoms with Crippen LogP contribution in [-0.2, 0) is 7.05 Å². The first-order valence-electron chi connectivity index (χ1n) is 5.16. The average Bonchev–Trinajstić information content (AvgIpc) is 2.63. The number of nitrogen functional groups attached to an aromatic ring is 1. The number of nitrogens with zero attached hydrogens (tertiary/aromatic N) is 2. The molecule has 0 aliphatic carbocycles. The van der Waals surface area contributed by atoms with Crippen LogP contribution in [0.25, 0.3) is 11.1 Å². The maximum absolute atomic E-state index is 6.12. The SMILES string of the molecule is COc1cc(C)c(-c2cnn(C)c2N)cc1Cl. The molecule has 1 aromatic heterocycles. The normalized spacial score (nSPS) is 10.6. The van der Waals surface area contributed by atoms with E-state index in [-0.39, 0.29) is 0 Å². The van der Waals surface area contributed by atoms with Gasteiger partial charge in [0.1, 0.15) is 11.6 Å². The lowest BCUT2D eigenvalue weighted by molar-refractivity contribution is 0.415. The third kappa shape index (κ3) is 1.96. The number of benzene rings is 1. The Labute approximate surface area is 105 Å². The molecule has 2 rings (SSSR count). The Morgan fingerprint density at radius 1 is 1.35 bits per heavy atom. The number of aryl methyl sites for hydroxylation is 2. The van der Waals surface area contributed by atoms with Gasteiger partial charge in [-0.3, -0.25) is 4.68 Å². The number of rotatable bonds is 2. The second-order valence-corrected chi connectivity index (χ2v) is 4.28. The highest BCUT2D eigenvalue weighted by Crippen LogP contribution is 2.35. The summed E-state index contributed by atoms with van der Waals surface area (Å²) in [7, 11) is 3.40. The molecule has 0 radical (unpaired) electrons. The summed E-state index contributed by atoms with van der Waals surface area (Å²) in [5.74, 6) is 1.28. The third-order valence-electron chi connectivity index (χ3n) is 2.77. The Bertz CT molecular complexity index is 563. The molecule has 0 amide bonds. The Morgan fingerprint density at radius 3 is 2.59 bits per heavy atom. The van der Waals surface area contributed by atoms with Crippen molar-refractivity contribution in [3.8, 4) is 16.9 Å². The first kappa shape index (κ1) is 11.8. The standard InChI is InChI=1S/C12H14ClN3O/c1-7-4-11(17-3)10(13)5-8(7)9-6-15-16(2)12(9)14/h4-6H,14H2,1-3H3. The fourth-order valence-corrected chi connectivity index (χ4v) is 2.00. The smallest absolute Gasteiger partial charge is 0.137 e. The van der Waals surface area contributed by atoms with Crippen molar-refractivity contribution in [3.63, 3.8) is 0 Å². The third-order valence-corrected chi connectivity index (χ3v) is 3.07. The highest BCUT2D eigenvalue weighted by molar-refractivity contribution is 6.32. The van der Waals surface area contributed by atoms with Gasteiger partial charge in [-0.2, -0.15) is 5.10 Å². The molecule has 0 unspecified atom stereocenters. The molecule has 0 atom stereocenters. The molecule has 0 fully saturated rings. The van der Waals surface area contributed by atoms with Gasteiger partial charge in [0.2, 0.25) is 0 Å². The Kier molecular flexibility index (Phi) is 2.98. The van der Waals surface area contributed by atoms with E-state index >= 15 is 0 Å². The van der Waals surface area contributed by atoms with Crippen molar-refractivity contribution in [3.05, 3.63) is 28.9 Å². The summed E-state index contributed by atoms with van der Waals surface area (Å²) < 4.78 is 6.80. The lowest BCUT2D eigenvalue weighted by Gasteiger charge is -2.09. The zero-order valence-corrected chi connectivity index (χ0v) is 10.7. The van der Waals surface area contributed by atoms with Crippen LogP contribution in [0.2, 0.25) is 5.02 Å². The molecule has 90 valence electrons. The molecule has 2 N–H and O–H groups in total. The van der Waals surface area contributed by atoms with Crippen LogP contribution < -0.4 is 10.5 Å². The summed E-state index contributed by atoms with van der Waals surface area (Å²) in [4.78, 5) is 0. The van der Waals surface area contributed by atoms with E-state index in [2.05, 4.69) is 5.10 Å². The molecule has 4 nitrogen and oxygen atoms in total. The van der Waals surface area contributed by atoms with Crippen LogP contribution in [0, 0.1) is 6.92 Å². The Morgan fingerprint density at radius 2 is 2.06 bits per heavy atom. The molecule has 5 heteroatoms. The molecule has 1 heterocycles. The van der Waals surface area contributed by atoms with Crippen molar-refractivity contribution < 1.29 is 4.74 Å². The number of hydrogen-bond donors (Lipinski definition) is 1. The van der Waals surface area contributed by atoms with Gasteiger partial charge in [0, 0.05) is 12.6 Å². The summed E-state index contributed by atoms with van der Waals surface area (Å²) in [6.07, 6.45) is 1.74. The number of ether oxygens (including phenoxy) is 1. The molecule has 0 bridgehead atoms. The highest BCUT2D eigenvalue weighted by Gasteiger charge is 2.13. The summed E-state index contributed by atoms with van der Waals surface area (Å²) in [6, 6.07) is 3.74. The minimum absolute atomic E-state index is 0.566. The fourth-order valence-electron chi connectivity index (χ4n) is 1.76. The minimum Gasteiger partial charge on any atom is -0.495 e. The van der Waals surface area contributed by atoms with Crippen molar-refractivity contribution in [1.29, 1.82) is 0 Å². The minimum atomic E-state index is 0.566. The first-order chi connectivity index (χ1) is 8.04. The summed E-state index contributed by atoms with van der Waals surface area (Å²) in [6.45, 7) is 1.99. The van der Waals surface area contributed by atoms with Crippen LogP contribution in [0.4, 0.5) is 5.82 Å². The van der Waals surface area contributed by atoms with Crippen molar-refractivity contribution in [2.45, 2.75) is 6.92 Å². The molecule has 0 aliphatic rings. The van der Waals surface area contributed by atoms with Gasteiger partial charge in [0.25, 0.3) is 0 Å². The number of anilines is 1. The topological polar surface area (TPSA) is 53.1 Å². The average molecular weight is 252 g/mol. The van der Waals surface area contributed by atoms with Crippen molar-refractivity contribution >= 4 is 17.4 Å². The van der Waals surface area contributed by atoms with Gasteiger partial charge in [-0.15, -0.1) is 0 Å². The van der Waals surface area contributed by atoms with Crippen LogP contribution in [0.3, 0.4) is 0 Å². The van der Waals surface area contributed by atoms with Gasteiger partial charge in [0.05, 0.1) is 18.3 Å². The van der Waals surface area contributed by atoms with Crippen LogP contribution in [0.1, 0.15) is 5.56 Å². The monoisotopic (exact) mass is 251 g/mol. The quantitative estimate of drug-likeness (QED) is 0.893. The molecule has 17 heavy (non-hydrogen) atoms. The molecule has 0 spiro atoms. The second kappa shape index (κ2) is 4.30. The highest BCUT2D eigenvalue weighted by atomic mass is 35.5. The summed E-state index contributed by atoms with van der Waals surface area (Å²) in [5, 5.41) is 4.69. The molecule has 0 aliphatic heterocycles. The van der Waals surface area contributed by atoms with E-state index in [1.165, 1.54) is 0 Å².